The maximum Gasteiger partial charge on any atom is 0.222 e. The third-order valence-corrected chi connectivity index (χ3v) is 3.64. The molecule has 0 bridgehead atoms. The molecule has 2 aromatic rings. The molecule has 122 valence electrons. The van der Waals surface area contributed by atoms with Crippen molar-refractivity contribution in [1.82, 2.24) is 15.0 Å². The van der Waals surface area contributed by atoms with Crippen molar-refractivity contribution in [3.05, 3.63) is 30.1 Å². The Hall–Kier alpha value is -2.41. The van der Waals surface area contributed by atoms with E-state index in [1.807, 2.05) is 25.1 Å². The topological polar surface area (TPSA) is 89.2 Å². The number of hydrogen-bond acceptors (Lipinski definition) is 7. The van der Waals surface area contributed by atoms with E-state index in [0.29, 0.717) is 5.82 Å². The SMILES string of the molecule is Cc1cc(Nc2ccc(N3CC(C)OC(C)C3)nc2)nc(N)n1. The first-order valence-corrected chi connectivity index (χ1v) is 7.74. The van der Waals surface area contributed by atoms with E-state index in [1.165, 1.54) is 0 Å². The van der Waals surface area contributed by atoms with Crippen LogP contribution in [0.3, 0.4) is 0 Å². The fourth-order valence-corrected chi connectivity index (χ4v) is 2.82. The van der Waals surface area contributed by atoms with E-state index in [2.05, 4.69) is 39.0 Å². The second kappa shape index (κ2) is 6.37. The van der Waals surface area contributed by atoms with Gasteiger partial charge < -0.3 is 20.7 Å². The van der Waals surface area contributed by atoms with Gasteiger partial charge in [0.05, 0.1) is 24.1 Å². The summed E-state index contributed by atoms with van der Waals surface area (Å²) < 4.78 is 5.76. The molecule has 0 aliphatic carbocycles. The Labute approximate surface area is 135 Å². The quantitative estimate of drug-likeness (QED) is 0.897. The summed E-state index contributed by atoms with van der Waals surface area (Å²) in [4.78, 5) is 15.0. The van der Waals surface area contributed by atoms with E-state index in [0.717, 1.165) is 30.3 Å². The van der Waals surface area contributed by atoms with Gasteiger partial charge in [0.15, 0.2) is 0 Å². The van der Waals surface area contributed by atoms with Crippen LogP contribution in [0.15, 0.2) is 24.4 Å². The highest BCUT2D eigenvalue weighted by atomic mass is 16.5. The number of pyridine rings is 1. The fourth-order valence-electron chi connectivity index (χ4n) is 2.82. The van der Waals surface area contributed by atoms with E-state index in [9.17, 15) is 0 Å². The van der Waals surface area contributed by atoms with Crippen molar-refractivity contribution in [3.8, 4) is 0 Å². The van der Waals surface area contributed by atoms with Crippen molar-refractivity contribution < 1.29 is 4.74 Å². The molecule has 0 radical (unpaired) electrons. The molecule has 3 heterocycles. The minimum absolute atomic E-state index is 0.213. The zero-order valence-electron chi connectivity index (χ0n) is 13.7. The molecule has 3 rings (SSSR count). The van der Waals surface area contributed by atoms with Crippen LogP contribution in [0.2, 0.25) is 0 Å². The van der Waals surface area contributed by atoms with Gasteiger partial charge in [-0.15, -0.1) is 0 Å². The number of morpholine rings is 1. The van der Waals surface area contributed by atoms with Crippen LogP contribution in [0.25, 0.3) is 0 Å². The number of rotatable bonds is 3. The molecule has 3 N–H and O–H groups in total. The summed E-state index contributed by atoms with van der Waals surface area (Å²) in [6.45, 7) is 7.75. The second-order valence-corrected chi connectivity index (χ2v) is 5.95. The van der Waals surface area contributed by atoms with Crippen LogP contribution in [-0.4, -0.2) is 40.2 Å². The lowest BCUT2D eigenvalue weighted by Crippen LogP contribution is -2.45. The molecule has 0 spiro atoms. The minimum Gasteiger partial charge on any atom is -0.372 e. The molecule has 1 saturated heterocycles. The number of aryl methyl sites for hydroxylation is 1. The van der Waals surface area contributed by atoms with Crippen LogP contribution in [0.5, 0.6) is 0 Å². The van der Waals surface area contributed by atoms with Gasteiger partial charge in [-0.25, -0.2) is 9.97 Å². The number of nitrogens with two attached hydrogens (primary N) is 1. The van der Waals surface area contributed by atoms with Crippen molar-refractivity contribution in [2.75, 3.05) is 29.0 Å². The molecule has 7 heteroatoms. The highest BCUT2D eigenvalue weighted by Crippen LogP contribution is 2.21. The number of nitrogen functional groups attached to an aromatic ring is 1. The average Bonchev–Trinajstić information content (AvgIpc) is 2.46. The third-order valence-electron chi connectivity index (χ3n) is 3.64. The van der Waals surface area contributed by atoms with Gasteiger partial charge in [0.2, 0.25) is 5.95 Å². The van der Waals surface area contributed by atoms with Gasteiger partial charge in [-0.3, -0.25) is 0 Å². The molecule has 23 heavy (non-hydrogen) atoms. The number of nitrogens with one attached hydrogen (secondary N) is 1. The summed E-state index contributed by atoms with van der Waals surface area (Å²) in [5.74, 6) is 1.88. The summed E-state index contributed by atoms with van der Waals surface area (Å²) in [7, 11) is 0. The summed E-state index contributed by atoms with van der Waals surface area (Å²) in [6.07, 6.45) is 2.23. The molecule has 0 aromatic carbocycles. The molecule has 2 unspecified atom stereocenters. The smallest absolute Gasteiger partial charge is 0.222 e. The monoisotopic (exact) mass is 314 g/mol. The largest absolute Gasteiger partial charge is 0.372 e. The highest BCUT2D eigenvalue weighted by Gasteiger charge is 2.22. The number of nitrogens with zero attached hydrogens (tertiary/aromatic N) is 4. The first-order valence-electron chi connectivity index (χ1n) is 7.74. The van der Waals surface area contributed by atoms with E-state index in [1.54, 1.807) is 6.20 Å². The molecule has 7 nitrogen and oxygen atoms in total. The maximum absolute atomic E-state index is 5.76. The highest BCUT2D eigenvalue weighted by molar-refractivity contribution is 5.58. The lowest BCUT2D eigenvalue weighted by molar-refractivity contribution is -0.00545. The van der Waals surface area contributed by atoms with Gasteiger partial charge in [-0.2, -0.15) is 4.98 Å². The summed E-state index contributed by atoms with van der Waals surface area (Å²) in [5.41, 5.74) is 7.35. The van der Waals surface area contributed by atoms with Gasteiger partial charge in [0.25, 0.3) is 0 Å². The Morgan fingerprint density at radius 1 is 1.22 bits per heavy atom. The Kier molecular flexibility index (Phi) is 4.29. The Bertz CT molecular complexity index is 645. The molecule has 2 aromatic heterocycles. The number of hydrogen-bond donors (Lipinski definition) is 2. The van der Waals surface area contributed by atoms with E-state index >= 15 is 0 Å². The summed E-state index contributed by atoms with van der Waals surface area (Å²) in [5, 5.41) is 3.20. The van der Waals surface area contributed by atoms with E-state index < -0.39 is 0 Å². The van der Waals surface area contributed by atoms with Crippen LogP contribution in [-0.2, 0) is 4.74 Å². The van der Waals surface area contributed by atoms with Crippen molar-refractivity contribution in [2.24, 2.45) is 0 Å². The third kappa shape index (κ3) is 3.87. The van der Waals surface area contributed by atoms with Crippen LogP contribution < -0.4 is 16.0 Å². The Morgan fingerprint density at radius 2 is 1.96 bits per heavy atom. The molecule has 1 aliphatic heterocycles. The van der Waals surface area contributed by atoms with Crippen molar-refractivity contribution in [1.29, 1.82) is 0 Å². The second-order valence-electron chi connectivity index (χ2n) is 5.95. The summed E-state index contributed by atoms with van der Waals surface area (Å²) in [6, 6.07) is 5.83. The van der Waals surface area contributed by atoms with Crippen molar-refractivity contribution in [2.45, 2.75) is 33.0 Å². The van der Waals surface area contributed by atoms with Gasteiger partial charge >= 0.3 is 0 Å². The molecular weight excluding hydrogens is 292 g/mol. The van der Waals surface area contributed by atoms with Crippen LogP contribution in [0, 0.1) is 6.92 Å². The molecule has 1 fully saturated rings. The zero-order chi connectivity index (χ0) is 16.4. The predicted molar refractivity (Wildman–Crippen MR) is 90.9 cm³/mol. The minimum atomic E-state index is 0.213. The predicted octanol–water partition coefficient (Wildman–Crippen LogP) is 2.12. The Balaban J connectivity index is 1.71. The molecule has 1 aliphatic rings. The number of ether oxygens (including phenoxy) is 1. The van der Waals surface area contributed by atoms with E-state index in [-0.39, 0.29) is 18.2 Å². The first kappa shape index (κ1) is 15.5. The van der Waals surface area contributed by atoms with E-state index in [4.69, 9.17) is 10.5 Å². The number of aromatic nitrogens is 3. The van der Waals surface area contributed by atoms with Crippen molar-refractivity contribution >= 4 is 23.3 Å². The zero-order valence-corrected chi connectivity index (χ0v) is 13.7. The van der Waals surface area contributed by atoms with Gasteiger partial charge in [0.1, 0.15) is 11.6 Å². The van der Waals surface area contributed by atoms with Crippen LogP contribution >= 0.6 is 0 Å². The molecule has 0 amide bonds. The number of anilines is 4. The van der Waals surface area contributed by atoms with Crippen LogP contribution in [0.4, 0.5) is 23.3 Å². The maximum atomic E-state index is 5.76. The lowest BCUT2D eigenvalue weighted by atomic mass is 10.2. The van der Waals surface area contributed by atoms with Gasteiger partial charge in [0, 0.05) is 24.8 Å². The van der Waals surface area contributed by atoms with Crippen molar-refractivity contribution in [3.63, 3.8) is 0 Å². The normalized spacial score (nSPS) is 21.3. The standard InChI is InChI=1S/C16H22N6O/c1-10-6-14(21-16(17)19-10)20-13-4-5-15(18-7-13)22-8-11(2)23-12(3)9-22/h4-7,11-12H,8-9H2,1-3H3,(H3,17,19,20,21). The summed E-state index contributed by atoms with van der Waals surface area (Å²) >= 11 is 0. The first-order chi connectivity index (χ1) is 11.0. The van der Waals surface area contributed by atoms with Crippen LogP contribution in [0.1, 0.15) is 19.5 Å². The average molecular weight is 314 g/mol. The molecule has 2 atom stereocenters. The van der Waals surface area contributed by atoms with Gasteiger partial charge in [-0.1, -0.05) is 0 Å². The Morgan fingerprint density at radius 3 is 2.57 bits per heavy atom. The molecule has 0 saturated carbocycles. The molecular formula is C16H22N6O. The lowest BCUT2D eigenvalue weighted by Gasteiger charge is -2.36. The van der Waals surface area contributed by atoms with Gasteiger partial charge in [-0.05, 0) is 32.9 Å². The fraction of sp³-hybridized carbons (Fsp3) is 0.438.